The summed E-state index contributed by atoms with van der Waals surface area (Å²) in [7, 11) is 0. The Hall–Kier alpha value is -3.08. The molecular weight excluding hydrogens is 294 g/mol. The molecule has 3 aromatic rings. The first-order chi connectivity index (χ1) is 11.1. The molecular formula is C18H13NO4. The Bertz CT molecular complexity index is 1050. The van der Waals surface area contributed by atoms with E-state index in [4.69, 9.17) is 4.42 Å². The van der Waals surface area contributed by atoms with Crippen LogP contribution in [0.4, 0.5) is 0 Å². The molecule has 0 fully saturated rings. The Morgan fingerprint density at radius 2 is 1.96 bits per heavy atom. The lowest BCUT2D eigenvalue weighted by atomic mass is 9.99. The maximum atomic E-state index is 12.9. The summed E-state index contributed by atoms with van der Waals surface area (Å²) in [5.74, 6) is -0.445. The summed E-state index contributed by atoms with van der Waals surface area (Å²) in [6.07, 6.45) is 2.62. The number of hydrogen-bond acceptors (Lipinski definition) is 5. The Kier molecular flexibility index (Phi) is 2.94. The van der Waals surface area contributed by atoms with Crippen molar-refractivity contribution in [2.24, 2.45) is 4.99 Å². The van der Waals surface area contributed by atoms with Gasteiger partial charge in [-0.3, -0.25) is 9.79 Å². The van der Waals surface area contributed by atoms with Crippen LogP contribution in [0.1, 0.15) is 18.0 Å². The molecule has 2 N–H and O–H groups in total. The Balaban J connectivity index is 1.97. The van der Waals surface area contributed by atoms with Crippen LogP contribution in [-0.2, 0) is 0 Å². The first-order valence-electron chi connectivity index (χ1n) is 7.22. The van der Waals surface area contributed by atoms with E-state index >= 15 is 0 Å². The average Bonchev–Trinajstić information content (AvgIpc) is 2.57. The first-order valence-corrected chi connectivity index (χ1v) is 7.22. The van der Waals surface area contributed by atoms with E-state index in [1.54, 1.807) is 6.07 Å². The molecule has 1 aliphatic rings. The third kappa shape index (κ3) is 2.09. The number of dihydropyridines is 1. The van der Waals surface area contributed by atoms with Crippen LogP contribution in [0.25, 0.3) is 21.7 Å². The standard InChI is InChI=1S/C18H13NO4/c20-14-7-13(19-8-15(14)21)12-9-23-16-6-5-10-3-1-2-4-11(10)17(16)18(12)22/h1-6,8-9,13,20-21H,7H2. The third-order valence-electron chi connectivity index (χ3n) is 4.11. The molecule has 1 aromatic heterocycles. The predicted molar refractivity (Wildman–Crippen MR) is 88.1 cm³/mol. The van der Waals surface area contributed by atoms with E-state index < -0.39 is 6.04 Å². The highest BCUT2D eigenvalue weighted by Gasteiger charge is 2.23. The summed E-state index contributed by atoms with van der Waals surface area (Å²) in [5.41, 5.74) is 0.711. The van der Waals surface area contributed by atoms with Gasteiger partial charge in [0, 0.05) is 6.42 Å². The van der Waals surface area contributed by atoms with E-state index in [2.05, 4.69) is 4.99 Å². The van der Waals surface area contributed by atoms with Gasteiger partial charge in [-0.1, -0.05) is 30.3 Å². The number of aliphatic imine (C=N–C) groups is 1. The van der Waals surface area contributed by atoms with Crippen LogP contribution in [0.2, 0.25) is 0 Å². The van der Waals surface area contributed by atoms with Crippen LogP contribution in [0, 0.1) is 0 Å². The van der Waals surface area contributed by atoms with Crippen LogP contribution in [0.15, 0.2) is 68.4 Å². The number of fused-ring (bicyclic) bond motifs is 3. The van der Waals surface area contributed by atoms with Crippen molar-refractivity contribution >= 4 is 28.0 Å². The average molecular weight is 307 g/mol. The Morgan fingerprint density at radius 3 is 2.78 bits per heavy atom. The Labute approximate surface area is 130 Å². The molecule has 0 bridgehead atoms. The number of aliphatic hydroxyl groups is 2. The molecule has 0 spiro atoms. The van der Waals surface area contributed by atoms with E-state index in [1.807, 2.05) is 30.3 Å². The number of hydrogen-bond donors (Lipinski definition) is 2. The molecule has 5 heteroatoms. The molecule has 0 radical (unpaired) electrons. The van der Waals surface area contributed by atoms with Crippen molar-refractivity contribution in [3.05, 3.63) is 70.0 Å². The molecule has 1 unspecified atom stereocenters. The summed E-state index contributed by atoms with van der Waals surface area (Å²) < 4.78 is 5.61. The van der Waals surface area contributed by atoms with Crippen molar-refractivity contribution < 1.29 is 14.6 Å². The highest BCUT2D eigenvalue weighted by molar-refractivity contribution is 6.05. The number of nitrogens with zero attached hydrogens (tertiary/aromatic N) is 1. The second-order valence-corrected chi connectivity index (χ2v) is 5.51. The molecule has 1 aliphatic heterocycles. The molecule has 0 saturated heterocycles. The lowest BCUT2D eigenvalue weighted by Crippen LogP contribution is -2.16. The Morgan fingerprint density at radius 1 is 1.13 bits per heavy atom. The van der Waals surface area contributed by atoms with Gasteiger partial charge in [-0.25, -0.2) is 0 Å². The fourth-order valence-electron chi connectivity index (χ4n) is 2.90. The van der Waals surface area contributed by atoms with Gasteiger partial charge in [-0.05, 0) is 16.8 Å². The minimum Gasteiger partial charge on any atom is -0.508 e. The highest BCUT2D eigenvalue weighted by atomic mass is 16.3. The summed E-state index contributed by atoms with van der Waals surface area (Å²) in [4.78, 5) is 17.1. The zero-order valence-corrected chi connectivity index (χ0v) is 12.1. The van der Waals surface area contributed by atoms with Gasteiger partial charge in [0.15, 0.2) is 11.2 Å². The second kappa shape index (κ2) is 4.98. The first kappa shape index (κ1) is 13.6. The minimum atomic E-state index is -0.564. The molecule has 0 amide bonds. The van der Waals surface area contributed by atoms with Crippen molar-refractivity contribution in [2.45, 2.75) is 12.5 Å². The topological polar surface area (TPSA) is 83.0 Å². The molecule has 5 nitrogen and oxygen atoms in total. The van der Waals surface area contributed by atoms with Gasteiger partial charge < -0.3 is 14.6 Å². The molecule has 0 aliphatic carbocycles. The van der Waals surface area contributed by atoms with Crippen molar-refractivity contribution in [1.82, 2.24) is 0 Å². The predicted octanol–water partition coefficient (Wildman–Crippen LogP) is 3.79. The van der Waals surface area contributed by atoms with Crippen molar-refractivity contribution in [3.8, 4) is 0 Å². The quantitative estimate of drug-likeness (QED) is 0.670. The van der Waals surface area contributed by atoms with Gasteiger partial charge in [-0.2, -0.15) is 0 Å². The summed E-state index contributed by atoms with van der Waals surface area (Å²) in [6, 6.07) is 10.7. The maximum Gasteiger partial charge on any atom is 0.198 e. The normalized spacial score (nSPS) is 18.0. The van der Waals surface area contributed by atoms with E-state index in [1.165, 1.54) is 6.26 Å². The number of allylic oxidation sites excluding steroid dienone is 1. The molecule has 2 heterocycles. The second-order valence-electron chi connectivity index (χ2n) is 5.51. The largest absolute Gasteiger partial charge is 0.508 e. The van der Waals surface area contributed by atoms with Crippen LogP contribution in [-0.4, -0.2) is 16.4 Å². The molecule has 0 saturated carbocycles. The summed E-state index contributed by atoms with van der Waals surface area (Å²) in [6.45, 7) is 0. The van der Waals surface area contributed by atoms with Crippen LogP contribution < -0.4 is 5.43 Å². The van der Waals surface area contributed by atoms with Gasteiger partial charge in [-0.15, -0.1) is 0 Å². The SMILES string of the molecule is O=c1c(C2CC(O)=C(O)C=N2)coc2ccc3ccccc3c12. The molecule has 1 atom stereocenters. The fourth-order valence-corrected chi connectivity index (χ4v) is 2.90. The van der Waals surface area contributed by atoms with Crippen molar-refractivity contribution in [1.29, 1.82) is 0 Å². The van der Waals surface area contributed by atoms with Gasteiger partial charge in [0.25, 0.3) is 0 Å². The number of rotatable bonds is 1. The molecule has 4 rings (SSSR count). The van der Waals surface area contributed by atoms with Gasteiger partial charge in [0.05, 0.1) is 23.2 Å². The van der Waals surface area contributed by atoms with Crippen LogP contribution >= 0.6 is 0 Å². The van der Waals surface area contributed by atoms with E-state index in [0.717, 1.165) is 17.0 Å². The number of aliphatic hydroxyl groups excluding tert-OH is 2. The molecule has 2 aromatic carbocycles. The summed E-state index contributed by atoms with van der Waals surface area (Å²) in [5, 5.41) is 21.4. The minimum absolute atomic E-state index is 0.0728. The zero-order chi connectivity index (χ0) is 16.0. The monoisotopic (exact) mass is 307 g/mol. The van der Waals surface area contributed by atoms with Gasteiger partial charge in [0.2, 0.25) is 0 Å². The van der Waals surface area contributed by atoms with E-state index in [9.17, 15) is 15.0 Å². The fraction of sp³-hybridized carbons (Fsp3) is 0.111. The lowest BCUT2D eigenvalue weighted by Gasteiger charge is -2.16. The van der Waals surface area contributed by atoms with Crippen molar-refractivity contribution in [3.63, 3.8) is 0 Å². The van der Waals surface area contributed by atoms with E-state index in [-0.39, 0.29) is 23.4 Å². The lowest BCUT2D eigenvalue weighted by molar-refractivity contribution is 0.315. The van der Waals surface area contributed by atoms with Crippen LogP contribution in [0.3, 0.4) is 0 Å². The van der Waals surface area contributed by atoms with Gasteiger partial charge >= 0.3 is 0 Å². The van der Waals surface area contributed by atoms with Crippen molar-refractivity contribution in [2.75, 3.05) is 0 Å². The van der Waals surface area contributed by atoms with E-state index in [0.29, 0.717) is 16.5 Å². The summed E-state index contributed by atoms with van der Waals surface area (Å²) >= 11 is 0. The third-order valence-corrected chi connectivity index (χ3v) is 4.11. The highest BCUT2D eigenvalue weighted by Crippen LogP contribution is 2.29. The smallest absolute Gasteiger partial charge is 0.198 e. The molecule has 114 valence electrons. The molecule has 23 heavy (non-hydrogen) atoms. The van der Waals surface area contributed by atoms with Crippen LogP contribution in [0.5, 0.6) is 0 Å². The maximum absolute atomic E-state index is 12.9. The number of benzene rings is 2. The zero-order valence-electron chi connectivity index (χ0n) is 12.1. The van der Waals surface area contributed by atoms with Gasteiger partial charge in [0.1, 0.15) is 17.6 Å².